The van der Waals surface area contributed by atoms with Gasteiger partial charge in [0.05, 0.1) is 11.3 Å². The van der Waals surface area contributed by atoms with Gasteiger partial charge in [-0.2, -0.15) is 0 Å². The van der Waals surface area contributed by atoms with E-state index < -0.39 is 17.6 Å². The van der Waals surface area contributed by atoms with E-state index in [-0.39, 0.29) is 5.56 Å². The summed E-state index contributed by atoms with van der Waals surface area (Å²) in [7, 11) is 0. The Morgan fingerprint density at radius 2 is 1.67 bits per heavy atom. The van der Waals surface area contributed by atoms with Crippen molar-refractivity contribution >= 4 is 11.7 Å². The fourth-order valence-corrected chi connectivity index (χ4v) is 2.89. The van der Waals surface area contributed by atoms with Crippen LogP contribution in [0.2, 0.25) is 0 Å². The van der Waals surface area contributed by atoms with E-state index in [4.69, 9.17) is 5.11 Å². The number of carboxylic acid groups (broad SMARTS) is 1. The monoisotopic (exact) mass is 332 g/mol. The Balaban J connectivity index is 1.59. The summed E-state index contributed by atoms with van der Waals surface area (Å²) < 4.78 is 27.2. The van der Waals surface area contributed by atoms with Crippen LogP contribution in [0.3, 0.4) is 0 Å². The summed E-state index contributed by atoms with van der Waals surface area (Å²) in [5.74, 6) is -2.56. The number of aromatic carboxylic acids is 1. The second-order valence-electron chi connectivity index (χ2n) is 5.84. The summed E-state index contributed by atoms with van der Waals surface area (Å²) in [6.07, 6.45) is 0. The standard InChI is InChI=1S/C18H18F2N2O2/c19-15-2-1-3-16(17(15)20)22-10-8-21(9-11-22)12-13-4-6-14(7-5-13)18(23)24/h1-7H,8-12H2,(H,23,24). The molecule has 2 aromatic rings. The van der Waals surface area contributed by atoms with E-state index in [9.17, 15) is 13.6 Å². The van der Waals surface area contributed by atoms with Gasteiger partial charge in [0.15, 0.2) is 11.6 Å². The first-order chi connectivity index (χ1) is 11.5. The minimum atomic E-state index is -0.938. The zero-order valence-corrected chi connectivity index (χ0v) is 13.1. The maximum atomic E-state index is 13.9. The van der Waals surface area contributed by atoms with Gasteiger partial charge in [-0.1, -0.05) is 18.2 Å². The van der Waals surface area contributed by atoms with Gasteiger partial charge in [0, 0.05) is 32.7 Å². The molecule has 0 atom stereocenters. The molecule has 0 bridgehead atoms. The SMILES string of the molecule is O=C(O)c1ccc(CN2CCN(c3cccc(F)c3F)CC2)cc1. The van der Waals surface area contributed by atoms with Crippen molar-refractivity contribution in [1.29, 1.82) is 0 Å². The van der Waals surface area contributed by atoms with Crippen molar-refractivity contribution in [3.63, 3.8) is 0 Å². The number of halogens is 2. The quantitative estimate of drug-likeness (QED) is 0.935. The lowest BCUT2D eigenvalue weighted by molar-refractivity contribution is 0.0697. The van der Waals surface area contributed by atoms with Gasteiger partial charge in [-0.3, -0.25) is 4.90 Å². The van der Waals surface area contributed by atoms with Crippen LogP contribution in [0.5, 0.6) is 0 Å². The Kier molecular flexibility index (Phi) is 4.76. The highest BCUT2D eigenvalue weighted by molar-refractivity contribution is 5.87. The van der Waals surface area contributed by atoms with Crippen LogP contribution in [-0.2, 0) is 6.54 Å². The number of nitrogens with zero attached hydrogens (tertiary/aromatic N) is 2. The van der Waals surface area contributed by atoms with Gasteiger partial charge in [0.1, 0.15) is 0 Å². The first-order valence-corrected chi connectivity index (χ1v) is 7.78. The van der Waals surface area contributed by atoms with Crippen molar-refractivity contribution in [3.05, 3.63) is 65.2 Å². The second kappa shape index (κ2) is 6.97. The maximum absolute atomic E-state index is 13.9. The van der Waals surface area contributed by atoms with E-state index >= 15 is 0 Å². The van der Waals surface area contributed by atoms with E-state index in [0.717, 1.165) is 24.7 Å². The highest BCUT2D eigenvalue weighted by Gasteiger charge is 2.20. The van der Waals surface area contributed by atoms with Gasteiger partial charge in [-0.25, -0.2) is 13.6 Å². The van der Waals surface area contributed by atoms with Gasteiger partial charge in [0.2, 0.25) is 0 Å². The molecule has 6 heteroatoms. The predicted molar refractivity (Wildman–Crippen MR) is 87.2 cm³/mol. The molecule has 0 saturated carbocycles. The number of rotatable bonds is 4. The molecule has 0 amide bonds. The van der Waals surface area contributed by atoms with E-state index in [1.807, 2.05) is 17.0 Å². The zero-order valence-electron chi connectivity index (χ0n) is 13.1. The van der Waals surface area contributed by atoms with Crippen molar-refractivity contribution in [2.24, 2.45) is 0 Å². The fraction of sp³-hybridized carbons (Fsp3) is 0.278. The van der Waals surface area contributed by atoms with E-state index in [1.165, 1.54) is 6.07 Å². The average molecular weight is 332 g/mol. The second-order valence-corrected chi connectivity index (χ2v) is 5.84. The van der Waals surface area contributed by atoms with Crippen LogP contribution < -0.4 is 4.90 Å². The van der Waals surface area contributed by atoms with E-state index in [2.05, 4.69) is 4.90 Å². The average Bonchev–Trinajstić information content (AvgIpc) is 2.59. The largest absolute Gasteiger partial charge is 0.478 e. The molecule has 2 aromatic carbocycles. The number of carbonyl (C=O) groups is 1. The topological polar surface area (TPSA) is 43.8 Å². The summed E-state index contributed by atoms with van der Waals surface area (Å²) in [6.45, 7) is 3.41. The van der Waals surface area contributed by atoms with Crippen LogP contribution in [0.25, 0.3) is 0 Å². The normalized spacial score (nSPS) is 15.5. The van der Waals surface area contributed by atoms with E-state index in [0.29, 0.717) is 25.3 Å². The first-order valence-electron chi connectivity index (χ1n) is 7.78. The highest BCUT2D eigenvalue weighted by atomic mass is 19.2. The molecule has 126 valence electrons. The molecular weight excluding hydrogens is 314 g/mol. The van der Waals surface area contributed by atoms with Crippen LogP contribution in [0, 0.1) is 11.6 Å². The van der Waals surface area contributed by atoms with Gasteiger partial charge < -0.3 is 10.0 Å². The smallest absolute Gasteiger partial charge is 0.335 e. The van der Waals surface area contributed by atoms with Crippen LogP contribution in [-0.4, -0.2) is 42.2 Å². The summed E-state index contributed by atoms with van der Waals surface area (Å²) >= 11 is 0. The molecule has 0 spiro atoms. The molecule has 1 aliphatic heterocycles. The molecule has 3 rings (SSSR count). The summed E-state index contributed by atoms with van der Waals surface area (Å²) in [5.41, 5.74) is 1.61. The number of anilines is 1. The van der Waals surface area contributed by atoms with Crippen molar-refractivity contribution in [3.8, 4) is 0 Å². The van der Waals surface area contributed by atoms with Crippen LogP contribution >= 0.6 is 0 Å². The van der Waals surface area contributed by atoms with Crippen molar-refractivity contribution in [1.82, 2.24) is 4.90 Å². The third-order valence-electron chi connectivity index (χ3n) is 4.25. The van der Waals surface area contributed by atoms with Crippen molar-refractivity contribution < 1.29 is 18.7 Å². The minimum absolute atomic E-state index is 0.269. The predicted octanol–water partition coefficient (Wildman–Crippen LogP) is 2.99. The lowest BCUT2D eigenvalue weighted by atomic mass is 10.1. The Bertz CT molecular complexity index is 726. The highest BCUT2D eigenvalue weighted by Crippen LogP contribution is 2.23. The molecule has 1 aliphatic rings. The molecule has 0 unspecified atom stereocenters. The third kappa shape index (κ3) is 3.54. The Labute approximate surface area is 138 Å². The molecule has 0 aromatic heterocycles. The van der Waals surface area contributed by atoms with Crippen molar-refractivity contribution in [2.75, 3.05) is 31.1 Å². The molecule has 1 saturated heterocycles. The molecule has 1 fully saturated rings. The molecular formula is C18H18F2N2O2. The first kappa shape index (κ1) is 16.4. The third-order valence-corrected chi connectivity index (χ3v) is 4.25. The van der Waals surface area contributed by atoms with E-state index in [1.54, 1.807) is 18.2 Å². The lowest BCUT2D eigenvalue weighted by Crippen LogP contribution is -2.46. The van der Waals surface area contributed by atoms with Crippen LogP contribution in [0.1, 0.15) is 15.9 Å². The van der Waals surface area contributed by atoms with Crippen LogP contribution in [0.4, 0.5) is 14.5 Å². The molecule has 0 aliphatic carbocycles. The summed E-state index contributed by atoms with van der Waals surface area (Å²) in [4.78, 5) is 14.9. The van der Waals surface area contributed by atoms with Crippen molar-refractivity contribution in [2.45, 2.75) is 6.54 Å². The lowest BCUT2D eigenvalue weighted by Gasteiger charge is -2.36. The Morgan fingerprint density at radius 1 is 1.00 bits per heavy atom. The number of piperazine rings is 1. The number of benzene rings is 2. The zero-order chi connectivity index (χ0) is 17.1. The summed E-state index contributed by atoms with van der Waals surface area (Å²) in [6, 6.07) is 11.0. The number of carboxylic acids is 1. The maximum Gasteiger partial charge on any atom is 0.335 e. The Morgan fingerprint density at radius 3 is 2.29 bits per heavy atom. The molecule has 1 N–H and O–H groups in total. The Hall–Kier alpha value is -2.47. The minimum Gasteiger partial charge on any atom is -0.478 e. The fourth-order valence-electron chi connectivity index (χ4n) is 2.89. The number of hydrogen-bond donors (Lipinski definition) is 1. The molecule has 4 nitrogen and oxygen atoms in total. The van der Waals surface area contributed by atoms with Gasteiger partial charge in [0.25, 0.3) is 0 Å². The molecule has 1 heterocycles. The van der Waals surface area contributed by atoms with Gasteiger partial charge in [-0.05, 0) is 29.8 Å². The number of hydrogen-bond acceptors (Lipinski definition) is 3. The molecule has 0 radical (unpaired) electrons. The van der Waals surface area contributed by atoms with Gasteiger partial charge >= 0.3 is 5.97 Å². The van der Waals surface area contributed by atoms with Crippen LogP contribution in [0.15, 0.2) is 42.5 Å². The summed E-state index contributed by atoms with van der Waals surface area (Å²) in [5, 5.41) is 8.90. The van der Waals surface area contributed by atoms with Gasteiger partial charge in [-0.15, -0.1) is 0 Å². The molecule has 24 heavy (non-hydrogen) atoms.